The number of ketones is 1. The van der Waals surface area contributed by atoms with E-state index in [1.807, 2.05) is 0 Å². The standard InChI is InChI=1S/C29H40N4O8/c1-6-11-41-23-14-25(28(39)31-21(16-34)12-18(4)35)33(15-23)29(40)26(17(2)3)32-27(38)24(30-19(5)36)13-20-7-9-22(37)10-8-20/h6-10,16-17,21,23-26,37H,1,11-15H2,2-5H3,(H,30,36)(H,31,39)(H,32,38). The van der Waals surface area contributed by atoms with Crippen molar-refractivity contribution in [3.63, 3.8) is 0 Å². The zero-order valence-corrected chi connectivity index (χ0v) is 23.9. The van der Waals surface area contributed by atoms with Gasteiger partial charge in [-0.25, -0.2) is 0 Å². The lowest BCUT2D eigenvalue weighted by Gasteiger charge is -2.31. The Morgan fingerprint density at radius 3 is 2.29 bits per heavy atom. The van der Waals surface area contributed by atoms with Gasteiger partial charge >= 0.3 is 0 Å². The smallest absolute Gasteiger partial charge is 0.246 e. The maximum Gasteiger partial charge on any atom is 0.246 e. The SMILES string of the molecule is C=CCOC1CC(C(=O)NC(C=O)CC(C)=O)N(C(=O)C(NC(=O)C(Cc2ccc(O)cc2)NC(C)=O)C(C)C)C1. The van der Waals surface area contributed by atoms with Crippen LogP contribution in [-0.2, 0) is 39.9 Å². The number of phenolic OH excluding ortho intramolecular Hbond substituents is 1. The number of aromatic hydroxyl groups is 1. The van der Waals surface area contributed by atoms with Crippen LogP contribution in [0.3, 0.4) is 0 Å². The molecule has 0 bridgehead atoms. The number of Topliss-reactive ketones (excluding diaryl/α,β-unsaturated/α-hetero) is 1. The van der Waals surface area contributed by atoms with Crippen LogP contribution in [0.2, 0.25) is 0 Å². The third kappa shape index (κ3) is 10.1. The lowest BCUT2D eigenvalue weighted by atomic mass is 10.00. The van der Waals surface area contributed by atoms with E-state index in [1.54, 1.807) is 32.1 Å². The maximum absolute atomic E-state index is 13.8. The third-order valence-electron chi connectivity index (χ3n) is 6.60. The van der Waals surface area contributed by atoms with Gasteiger partial charge in [0.2, 0.25) is 23.6 Å². The molecule has 1 aromatic carbocycles. The second-order valence-corrected chi connectivity index (χ2v) is 10.5. The molecule has 0 aliphatic carbocycles. The van der Waals surface area contributed by atoms with Crippen LogP contribution in [0.1, 0.15) is 46.1 Å². The summed E-state index contributed by atoms with van der Waals surface area (Å²) in [6.45, 7) is 9.93. The summed E-state index contributed by atoms with van der Waals surface area (Å²) in [5.41, 5.74) is 0.679. The summed E-state index contributed by atoms with van der Waals surface area (Å²) in [6, 6.07) is 2.08. The Morgan fingerprint density at radius 1 is 1.10 bits per heavy atom. The first-order chi connectivity index (χ1) is 19.4. The molecular formula is C29H40N4O8. The molecule has 12 heteroatoms. The summed E-state index contributed by atoms with van der Waals surface area (Å²) in [7, 11) is 0. The second kappa shape index (κ2) is 15.7. The molecule has 1 saturated heterocycles. The van der Waals surface area contributed by atoms with Gasteiger partial charge in [-0.2, -0.15) is 0 Å². The van der Waals surface area contributed by atoms with Crippen molar-refractivity contribution in [1.29, 1.82) is 0 Å². The van der Waals surface area contributed by atoms with Gasteiger partial charge in [-0.1, -0.05) is 32.1 Å². The number of hydrogen-bond donors (Lipinski definition) is 4. The van der Waals surface area contributed by atoms with Crippen LogP contribution in [0.5, 0.6) is 5.75 Å². The van der Waals surface area contributed by atoms with Crippen molar-refractivity contribution in [2.24, 2.45) is 5.92 Å². The van der Waals surface area contributed by atoms with E-state index in [0.29, 0.717) is 11.8 Å². The highest BCUT2D eigenvalue weighted by Gasteiger charge is 2.43. The molecular weight excluding hydrogens is 532 g/mol. The van der Waals surface area contributed by atoms with Gasteiger partial charge in [-0.3, -0.25) is 24.0 Å². The van der Waals surface area contributed by atoms with Gasteiger partial charge in [0, 0.05) is 32.7 Å². The Balaban J connectivity index is 2.28. The molecule has 2 rings (SSSR count). The molecule has 1 aromatic rings. The van der Waals surface area contributed by atoms with Gasteiger partial charge in [0.15, 0.2) is 0 Å². The first-order valence-corrected chi connectivity index (χ1v) is 13.5. The number of nitrogens with zero attached hydrogens (tertiary/aromatic N) is 1. The van der Waals surface area contributed by atoms with E-state index in [-0.39, 0.29) is 43.9 Å². The van der Waals surface area contributed by atoms with Crippen molar-refractivity contribution < 1.29 is 38.6 Å². The highest BCUT2D eigenvalue weighted by atomic mass is 16.5. The van der Waals surface area contributed by atoms with E-state index in [0.717, 1.165) is 0 Å². The summed E-state index contributed by atoms with van der Waals surface area (Å²) in [6.07, 6.45) is 1.59. The van der Waals surface area contributed by atoms with E-state index < -0.39 is 59.8 Å². The van der Waals surface area contributed by atoms with Crippen LogP contribution in [-0.4, -0.2) is 89.1 Å². The minimum Gasteiger partial charge on any atom is -0.508 e. The fourth-order valence-corrected chi connectivity index (χ4v) is 4.60. The van der Waals surface area contributed by atoms with Crippen molar-refractivity contribution >= 4 is 35.7 Å². The summed E-state index contributed by atoms with van der Waals surface area (Å²) in [5.74, 6) is -2.79. The molecule has 41 heavy (non-hydrogen) atoms. The number of aldehydes is 1. The van der Waals surface area contributed by atoms with Gasteiger partial charge in [0.05, 0.1) is 18.8 Å². The number of rotatable bonds is 15. The maximum atomic E-state index is 13.8. The molecule has 1 fully saturated rings. The second-order valence-electron chi connectivity index (χ2n) is 10.5. The lowest BCUT2D eigenvalue weighted by molar-refractivity contribution is -0.143. The quantitative estimate of drug-likeness (QED) is 0.173. The predicted molar refractivity (Wildman–Crippen MR) is 150 cm³/mol. The summed E-state index contributed by atoms with van der Waals surface area (Å²) >= 11 is 0. The van der Waals surface area contributed by atoms with Crippen LogP contribution in [0.4, 0.5) is 0 Å². The van der Waals surface area contributed by atoms with Crippen molar-refractivity contribution in [1.82, 2.24) is 20.9 Å². The first-order valence-electron chi connectivity index (χ1n) is 13.5. The number of likely N-dealkylation sites (tertiary alicyclic amines) is 1. The number of hydrogen-bond acceptors (Lipinski definition) is 8. The average Bonchev–Trinajstić information content (AvgIpc) is 3.34. The fourth-order valence-electron chi connectivity index (χ4n) is 4.60. The van der Waals surface area contributed by atoms with Crippen LogP contribution in [0.15, 0.2) is 36.9 Å². The van der Waals surface area contributed by atoms with E-state index in [1.165, 1.54) is 30.9 Å². The van der Waals surface area contributed by atoms with E-state index in [2.05, 4.69) is 22.5 Å². The molecule has 4 amide bonds. The molecule has 5 atom stereocenters. The average molecular weight is 573 g/mol. The van der Waals surface area contributed by atoms with Gasteiger partial charge in [-0.15, -0.1) is 6.58 Å². The minimum absolute atomic E-state index is 0.0556. The Kier molecular flexibility index (Phi) is 12.7. The van der Waals surface area contributed by atoms with Gasteiger partial charge < -0.3 is 35.5 Å². The third-order valence-corrected chi connectivity index (χ3v) is 6.60. The lowest BCUT2D eigenvalue weighted by Crippen LogP contribution is -2.59. The van der Waals surface area contributed by atoms with Crippen molar-refractivity contribution in [3.8, 4) is 5.75 Å². The van der Waals surface area contributed by atoms with Gasteiger partial charge in [0.25, 0.3) is 0 Å². The number of benzene rings is 1. The summed E-state index contributed by atoms with van der Waals surface area (Å²) < 4.78 is 5.72. The van der Waals surface area contributed by atoms with Crippen molar-refractivity contribution in [2.45, 2.75) is 77.2 Å². The molecule has 0 aromatic heterocycles. The molecule has 5 unspecified atom stereocenters. The molecule has 4 N–H and O–H groups in total. The molecule has 0 radical (unpaired) electrons. The topological polar surface area (TPSA) is 171 Å². The normalized spacial score (nSPS) is 18.6. The summed E-state index contributed by atoms with van der Waals surface area (Å²) in [4.78, 5) is 76.5. The van der Waals surface area contributed by atoms with Crippen LogP contribution in [0, 0.1) is 5.92 Å². The molecule has 12 nitrogen and oxygen atoms in total. The fraction of sp³-hybridized carbons (Fsp3) is 0.517. The van der Waals surface area contributed by atoms with Crippen molar-refractivity contribution in [2.75, 3.05) is 13.2 Å². The van der Waals surface area contributed by atoms with Gasteiger partial charge in [-0.05, 0) is 30.5 Å². The predicted octanol–water partition coefficient (Wildman–Crippen LogP) is 0.415. The highest BCUT2D eigenvalue weighted by Crippen LogP contribution is 2.24. The zero-order chi connectivity index (χ0) is 30.7. The number of ether oxygens (including phenoxy) is 1. The zero-order valence-electron chi connectivity index (χ0n) is 23.9. The van der Waals surface area contributed by atoms with E-state index in [9.17, 15) is 33.9 Å². The van der Waals surface area contributed by atoms with Crippen LogP contribution in [0.25, 0.3) is 0 Å². The Labute approximate surface area is 239 Å². The number of phenols is 1. The molecule has 1 aliphatic heterocycles. The monoisotopic (exact) mass is 572 g/mol. The number of nitrogens with one attached hydrogen (secondary N) is 3. The van der Waals surface area contributed by atoms with Gasteiger partial charge in [0.1, 0.15) is 35.9 Å². The molecule has 0 saturated carbocycles. The Hall–Kier alpha value is -4.06. The van der Waals surface area contributed by atoms with E-state index in [4.69, 9.17) is 4.74 Å². The van der Waals surface area contributed by atoms with Crippen molar-refractivity contribution in [3.05, 3.63) is 42.5 Å². The molecule has 1 heterocycles. The minimum atomic E-state index is -1.05. The molecule has 0 spiro atoms. The Bertz CT molecular complexity index is 1120. The van der Waals surface area contributed by atoms with E-state index >= 15 is 0 Å². The van der Waals surface area contributed by atoms with Crippen LogP contribution >= 0.6 is 0 Å². The number of amides is 4. The summed E-state index contributed by atoms with van der Waals surface area (Å²) in [5, 5.41) is 17.4. The largest absolute Gasteiger partial charge is 0.508 e. The first kappa shape index (κ1) is 33.1. The molecule has 224 valence electrons. The Morgan fingerprint density at radius 2 is 1.76 bits per heavy atom. The highest BCUT2D eigenvalue weighted by molar-refractivity contribution is 5.95. The number of carbonyl (C=O) groups is 6. The van der Waals surface area contributed by atoms with Crippen LogP contribution < -0.4 is 16.0 Å². The number of carbonyl (C=O) groups excluding carboxylic acids is 6. The molecule has 1 aliphatic rings.